The van der Waals surface area contributed by atoms with Gasteiger partial charge in [-0.05, 0) is 19.3 Å². The zero-order chi connectivity index (χ0) is 12.8. The average Bonchev–Trinajstić information content (AvgIpc) is 2.33. The highest BCUT2D eigenvalue weighted by Gasteiger charge is 1.99. The molecule has 0 spiro atoms. The van der Waals surface area contributed by atoms with Crippen LogP contribution in [0.2, 0.25) is 0 Å². The van der Waals surface area contributed by atoms with Gasteiger partial charge in [0.1, 0.15) is 0 Å². The van der Waals surface area contributed by atoms with Gasteiger partial charge in [-0.1, -0.05) is 39.0 Å². The van der Waals surface area contributed by atoms with Crippen LogP contribution in [0.1, 0.15) is 71.1 Å². The third-order valence-corrected chi connectivity index (χ3v) is 2.79. The van der Waals surface area contributed by atoms with E-state index in [9.17, 15) is 9.59 Å². The smallest absolute Gasteiger partial charge is 0.219 e. The normalized spacial score (nSPS) is 10.2. The van der Waals surface area contributed by atoms with E-state index in [0.717, 1.165) is 57.9 Å². The highest BCUT2D eigenvalue weighted by molar-refractivity contribution is 5.75. The lowest BCUT2D eigenvalue weighted by molar-refractivity contribution is -0.121. The molecule has 0 aliphatic carbocycles. The van der Waals surface area contributed by atoms with Crippen molar-refractivity contribution in [1.29, 1.82) is 0 Å². The molecule has 3 heteroatoms. The summed E-state index contributed by atoms with van der Waals surface area (Å²) in [6.07, 6.45) is 11.8. The highest BCUT2D eigenvalue weighted by atomic mass is 16.1. The number of unbranched alkanes of at least 4 members (excludes halogenated alkanes) is 7. The molecule has 0 aliphatic rings. The number of hydrogen-bond donors (Lipinski definition) is 1. The maximum atomic E-state index is 11.3. The molecule has 0 saturated carbocycles. The Labute approximate surface area is 105 Å². The lowest BCUT2D eigenvalue weighted by atomic mass is 10.1. The van der Waals surface area contributed by atoms with Crippen molar-refractivity contribution in [2.75, 3.05) is 6.54 Å². The molecule has 99 valence electrons. The predicted octanol–water partition coefficient (Wildman–Crippen LogP) is 3.13. The molecular weight excluding hydrogens is 214 g/mol. The van der Waals surface area contributed by atoms with Crippen molar-refractivity contribution in [3.63, 3.8) is 0 Å². The molecule has 0 atom stereocenters. The molecule has 1 N–H and O–H groups in total. The number of nitrogens with one attached hydrogen (secondary N) is 1. The Bertz CT molecular complexity index is 193. The molecule has 0 rings (SSSR count). The molecule has 0 aromatic carbocycles. The summed E-state index contributed by atoms with van der Waals surface area (Å²) in [5.74, 6) is 0.189. The van der Waals surface area contributed by atoms with E-state index in [1.54, 1.807) is 0 Å². The van der Waals surface area contributed by atoms with Crippen molar-refractivity contribution < 1.29 is 9.59 Å². The SMILES string of the molecule is CCCCCC(=O)NCCCCCCC[C]=O. The molecule has 0 aromatic rings. The van der Waals surface area contributed by atoms with Gasteiger partial charge in [0.25, 0.3) is 0 Å². The molecule has 0 aliphatic heterocycles. The van der Waals surface area contributed by atoms with E-state index >= 15 is 0 Å². The number of amides is 1. The molecule has 0 unspecified atom stereocenters. The molecule has 0 saturated heterocycles. The molecule has 0 fully saturated rings. The van der Waals surface area contributed by atoms with E-state index in [1.165, 1.54) is 0 Å². The summed E-state index contributed by atoms with van der Waals surface area (Å²) < 4.78 is 0. The quantitative estimate of drug-likeness (QED) is 0.533. The third kappa shape index (κ3) is 13.1. The van der Waals surface area contributed by atoms with Gasteiger partial charge in [0.2, 0.25) is 5.91 Å². The number of carbonyl (C=O) groups excluding carboxylic acids is 2. The first-order chi connectivity index (χ1) is 8.31. The largest absolute Gasteiger partial charge is 0.356 e. The highest BCUT2D eigenvalue weighted by Crippen LogP contribution is 2.04. The molecule has 1 amide bonds. The molecule has 0 aromatic heterocycles. The fourth-order valence-corrected chi connectivity index (χ4v) is 1.70. The molecule has 0 heterocycles. The average molecular weight is 240 g/mol. The Morgan fingerprint density at radius 2 is 1.71 bits per heavy atom. The standard InChI is InChI=1S/C14H26NO2/c1-2-3-8-11-14(17)15-12-9-6-4-5-7-10-13-16/h2-12H2,1H3,(H,15,17). The van der Waals surface area contributed by atoms with Gasteiger partial charge in [0.15, 0.2) is 6.29 Å². The van der Waals surface area contributed by atoms with Crippen molar-refractivity contribution in [1.82, 2.24) is 5.32 Å². The first-order valence-electron chi connectivity index (χ1n) is 6.93. The second kappa shape index (κ2) is 13.2. The first kappa shape index (κ1) is 16.1. The van der Waals surface area contributed by atoms with E-state index in [4.69, 9.17) is 0 Å². The number of carbonyl (C=O) groups is 1. The monoisotopic (exact) mass is 240 g/mol. The van der Waals surface area contributed by atoms with Crippen LogP contribution in [-0.2, 0) is 9.59 Å². The van der Waals surface area contributed by atoms with E-state index in [-0.39, 0.29) is 5.91 Å². The molecule has 17 heavy (non-hydrogen) atoms. The van der Waals surface area contributed by atoms with Crippen LogP contribution in [0, 0.1) is 0 Å². The Balaban J connectivity index is 3.11. The predicted molar refractivity (Wildman–Crippen MR) is 70.5 cm³/mol. The Morgan fingerprint density at radius 3 is 2.41 bits per heavy atom. The second-order valence-corrected chi connectivity index (χ2v) is 4.47. The zero-order valence-corrected chi connectivity index (χ0v) is 11.1. The Kier molecular flexibility index (Phi) is 12.5. The minimum atomic E-state index is 0.189. The third-order valence-electron chi connectivity index (χ3n) is 2.79. The van der Waals surface area contributed by atoms with Gasteiger partial charge in [-0.2, -0.15) is 0 Å². The summed E-state index contributed by atoms with van der Waals surface area (Å²) in [5, 5.41) is 2.94. The van der Waals surface area contributed by atoms with Gasteiger partial charge in [-0.3, -0.25) is 9.59 Å². The Hall–Kier alpha value is -0.860. The van der Waals surface area contributed by atoms with Crippen molar-refractivity contribution >= 4 is 12.2 Å². The van der Waals surface area contributed by atoms with Crippen molar-refractivity contribution in [3.8, 4) is 0 Å². The fraction of sp³-hybridized carbons (Fsp3) is 0.857. The van der Waals surface area contributed by atoms with Crippen molar-refractivity contribution in [2.45, 2.75) is 71.1 Å². The van der Waals surface area contributed by atoms with E-state index in [2.05, 4.69) is 12.2 Å². The molecular formula is C14H26NO2. The van der Waals surface area contributed by atoms with Gasteiger partial charge >= 0.3 is 0 Å². The van der Waals surface area contributed by atoms with Crippen LogP contribution >= 0.6 is 0 Å². The van der Waals surface area contributed by atoms with Crippen LogP contribution in [0.25, 0.3) is 0 Å². The van der Waals surface area contributed by atoms with Crippen LogP contribution in [0.15, 0.2) is 0 Å². The molecule has 1 radical (unpaired) electrons. The van der Waals surface area contributed by atoms with Crippen LogP contribution in [0.4, 0.5) is 0 Å². The summed E-state index contributed by atoms with van der Waals surface area (Å²) in [6.45, 7) is 2.94. The van der Waals surface area contributed by atoms with Gasteiger partial charge in [0.05, 0.1) is 0 Å². The van der Waals surface area contributed by atoms with Crippen molar-refractivity contribution in [3.05, 3.63) is 0 Å². The van der Waals surface area contributed by atoms with Crippen molar-refractivity contribution in [2.24, 2.45) is 0 Å². The van der Waals surface area contributed by atoms with Crippen LogP contribution in [0.3, 0.4) is 0 Å². The topological polar surface area (TPSA) is 46.2 Å². The second-order valence-electron chi connectivity index (χ2n) is 4.47. The van der Waals surface area contributed by atoms with Crippen LogP contribution < -0.4 is 5.32 Å². The van der Waals surface area contributed by atoms with Gasteiger partial charge < -0.3 is 5.32 Å². The van der Waals surface area contributed by atoms with Gasteiger partial charge in [0, 0.05) is 19.4 Å². The van der Waals surface area contributed by atoms with E-state index < -0.39 is 0 Å². The minimum absolute atomic E-state index is 0.189. The Morgan fingerprint density at radius 1 is 1.00 bits per heavy atom. The molecule has 3 nitrogen and oxygen atoms in total. The lowest BCUT2D eigenvalue weighted by Crippen LogP contribution is -2.23. The summed E-state index contributed by atoms with van der Waals surface area (Å²) >= 11 is 0. The van der Waals surface area contributed by atoms with Gasteiger partial charge in [-0.25, -0.2) is 0 Å². The minimum Gasteiger partial charge on any atom is -0.356 e. The van der Waals surface area contributed by atoms with Crippen LogP contribution in [-0.4, -0.2) is 18.7 Å². The lowest BCUT2D eigenvalue weighted by Gasteiger charge is -2.04. The number of hydrogen-bond acceptors (Lipinski definition) is 2. The van der Waals surface area contributed by atoms with E-state index in [1.807, 2.05) is 6.29 Å². The molecule has 0 bridgehead atoms. The summed E-state index contributed by atoms with van der Waals surface area (Å²) in [5.41, 5.74) is 0. The summed E-state index contributed by atoms with van der Waals surface area (Å²) in [7, 11) is 0. The first-order valence-corrected chi connectivity index (χ1v) is 6.93. The number of rotatable bonds is 12. The van der Waals surface area contributed by atoms with Crippen LogP contribution in [0.5, 0.6) is 0 Å². The fourth-order valence-electron chi connectivity index (χ4n) is 1.70. The van der Waals surface area contributed by atoms with E-state index in [0.29, 0.717) is 12.8 Å². The maximum absolute atomic E-state index is 11.3. The zero-order valence-electron chi connectivity index (χ0n) is 11.1. The summed E-state index contributed by atoms with van der Waals surface area (Å²) in [4.78, 5) is 21.3. The van der Waals surface area contributed by atoms with Gasteiger partial charge in [-0.15, -0.1) is 0 Å². The maximum Gasteiger partial charge on any atom is 0.219 e. The summed E-state index contributed by atoms with van der Waals surface area (Å²) in [6, 6.07) is 0.